The van der Waals surface area contributed by atoms with Crippen molar-refractivity contribution in [2.45, 2.75) is 19.4 Å². The highest BCUT2D eigenvalue weighted by Crippen LogP contribution is 2.05. The Kier molecular flexibility index (Phi) is 3.87. The molecule has 5 heteroatoms. The van der Waals surface area contributed by atoms with Crippen molar-refractivity contribution in [1.29, 1.82) is 0 Å². The second kappa shape index (κ2) is 4.23. The van der Waals surface area contributed by atoms with E-state index in [2.05, 4.69) is 4.74 Å². The van der Waals surface area contributed by atoms with Crippen LogP contribution in [0.25, 0.3) is 0 Å². The summed E-state index contributed by atoms with van der Waals surface area (Å²) in [5.74, 6) is -1.03. The summed E-state index contributed by atoms with van der Waals surface area (Å²) in [5, 5.41) is 9.30. The van der Waals surface area contributed by atoms with Crippen LogP contribution in [-0.4, -0.2) is 48.2 Å². The summed E-state index contributed by atoms with van der Waals surface area (Å²) >= 11 is 0. The fourth-order valence-electron chi connectivity index (χ4n) is 0.797. The molecule has 0 aliphatic rings. The number of aliphatic hydroxyl groups is 1. The lowest BCUT2D eigenvalue weighted by atomic mass is 10.1. The Labute approximate surface area is 77.3 Å². The van der Waals surface area contributed by atoms with Crippen LogP contribution in [0.1, 0.15) is 13.8 Å². The Morgan fingerprint density at radius 3 is 2.23 bits per heavy atom. The van der Waals surface area contributed by atoms with Gasteiger partial charge in [0.2, 0.25) is 0 Å². The molecule has 0 aromatic rings. The summed E-state index contributed by atoms with van der Waals surface area (Å²) in [6.45, 7) is 2.57. The van der Waals surface area contributed by atoms with E-state index >= 15 is 0 Å². The second-order valence-electron chi connectivity index (χ2n) is 3.30. The third-order valence-electron chi connectivity index (χ3n) is 1.46. The maximum Gasteiger partial charge on any atom is 0.325 e. The zero-order valence-corrected chi connectivity index (χ0v) is 8.33. The lowest BCUT2D eigenvalue weighted by Crippen LogP contribution is -2.45. The van der Waals surface area contributed by atoms with Gasteiger partial charge in [0.05, 0.1) is 7.11 Å². The van der Waals surface area contributed by atoms with Gasteiger partial charge in [0.15, 0.2) is 0 Å². The lowest BCUT2D eigenvalue weighted by Gasteiger charge is -2.23. The molecule has 0 aromatic heterocycles. The fraction of sp³-hybridized carbons (Fsp3) is 0.750. The molecule has 13 heavy (non-hydrogen) atoms. The largest absolute Gasteiger partial charge is 0.468 e. The molecule has 0 atom stereocenters. The Morgan fingerprint density at radius 2 is 1.92 bits per heavy atom. The van der Waals surface area contributed by atoms with Gasteiger partial charge in [0.1, 0.15) is 12.1 Å². The number of amides is 1. The van der Waals surface area contributed by atoms with Crippen molar-refractivity contribution in [3.63, 3.8) is 0 Å². The average Bonchev–Trinajstić information content (AvgIpc) is 2.01. The predicted molar refractivity (Wildman–Crippen MR) is 46.0 cm³/mol. The van der Waals surface area contributed by atoms with Crippen molar-refractivity contribution in [1.82, 2.24) is 4.90 Å². The summed E-state index contributed by atoms with van der Waals surface area (Å²) in [6.07, 6.45) is 0. The van der Waals surface area contributed by atoms with E-state index in [0.29, 0.717) is 0 Å². The maximum absolute atomic E-state index is 11.3. The average molecular weight is 189 g/mol. The Bertz CT molecular complexity index is 207. The molecule has 0 aliphatic carbocycles. The quantitative estimate of drug-likeness (QED) is 0.601. The highest BCUT2D eigenvalue weighted by atomic mass is 16.5. The van der Waals surface area contributed by atoms with Crippen molar-refractivity contribution in [2.75, 3.05) is 20.7 Å². The van der Waals surface area contributed by atoms with E-state index in [0.717, 1.165) is 4.90 Å². The Morgan fingerprint density at radius 1 is 1.46 bits per heavy atom. The predicted octanol–water partition coefficient (Wildman–Crippen LogP) is -0.611. The number of methoxy groups -OCH3 is 1. The van der Waals surface area contributed by atoms with Crippen LogP contribution in [-0.2, 0) is 14.3 Å². The number of nitrogens with zero attached hydrogens (tertiary/aromatic N) is 1. The van der Waals surface area contributed by atoms with E-state index in [4.69, 9.17) is 0 Å². The molecule has 0 heterocycles. The van der Waals surface area contributed by atoms with Gasteiger partial charge in [0.25, 0.3) is 5.91 Å². The Hall–Kier alpha value is -1.10. The van der Waals surface area contributed by atoms with Crippen LogP contribution in [0, 0.1) is 0 Å². The van der Waals surface area contributed by atoms with Crippen LogP contribution in [0.4, 0.5) is 0 Å². The molecule has 0 aliphatic heterocycles. The molecule has 76 valence electrons. The standard InChI is InChI=1S/C8H15NO4/c1-8(2,12)7(11)9(3)5-6(10)13-4/h12H,5H2,1-4H3. The molecule has 5 nitrogen and oxygen atoms in total. The molecule has 0 rings (SSSR count). The third kappa shape index (κ3) is 3.89. The van der Waals surface area contributed by atoms with Crippen LogP contribution in [0.3, 0.4) is 0 Å². The van der Waals surface area contributed by atoms with Gasteiger partial charge < -0.3 is 14.7 Å². The van der Waals surface area contributed by atoms with Crippen LogP contribution in [0.5, 0.6) is 0 Å². The van der Waals surface area contributed by atoms with E-state index in [9.17, 15) is 14.7 Å². The topological polar surface area (TPSA) is 66.8 Å². The summed E-state index contributed by atoms with van der Waals surface area (Å²) in [7, 11) is 2.67. The van der Waals surface area contributed by atoms with Gasteiger partial charge >= 0.3 is 5.97 Å². The van der Waals surface area contributed by atoms with Crippen molar-refractivity contribution < 1.29 is 19.4 Å². The first kappa shape index (κ1) is 11.9. The zero-order valence-electron chi connectivity index (χ0n) is 8.33. The monoisotopic (exact) mass is 189 g/mol. The van der Waals surface area contributed by atoms with E-state index in [1.54, 1.807) is 0 Å². The van der Waals surface area contributed by atoms with Crippen LogP contribution in [0.15, 0.2) is 0 Å². The maximum atomic E-state index is 11.3. The number of esters is 1. The number of carbonyl (C=O) groups excluding carboxylic acids is 2. The molecular formula is C8H15NO4. The summed E-state index contributed by atoms with van der Waals surface area (Å²) in [4.78, 5) is 23.2. The number of ether oxygens (including phenoxy) is 1. The molecule has 0 saturated heterocycles. The summed E-state index contributed by atoms with van der Waals surface area (Å²) < 4.78 is 4.37. The SMILES string of the molecule is COC(=O)CN(C)C(=O)C(C)(C)O. The second-order valence-corrected chi connectivity index (χ2v) is 3.30. The van der Waals surface area contributed by atoms with Gasteiger partial charge in [-0.25, -0.2) is 0 Å². The smallest absolute Gasteiger partial charge is 0.325 e. The lowest BCUT2D eigenvalue weighted by molar-refractivity contribution is -0.153. The first-order valence-electron chi connectivity index (χ1n) is 3.83. The molecule has 1 N–H and O–H groups in total. The first-order chi connectivity index (χ1) is 5.79. The molecule has 0 radical (unpaired) electrons. The number of hydrogen-bond acceptors (Lipinski definition) is 4. The van der Waals surface area contributed by atoms with Gasteiger partial charge in [0, 0.05) is 7.05 Å². The van der Waals surface area contributed by atoms with Gasteiger partial charge in [-0.05, 0) is 13.8 Å². The van der Waals surface area contributed by atoms with Gasteiger partial charge in [-0.3, -0.25) is 9.59 Å². The number of hydrogen-bond donors (Lipinski definition) is 1. The van der Waals surface area contributed by atoms with Crippen molar-refractivity contribution in [3.05, 3.63) is 0 Å². The Balaban J connectivity index is 4.20. The molecular weight excluding hydrogens is 174 g/mol. The van der Waals surface area contributed by atoms with E-state index in [1.165, 1.54) is 28.0 Å². The van der Waals surface area contributed by atoms with Crippen LogP contribution < -0.4 is 0 Å². The van der Waals surface area contributed by atoms with Crippen molar-refractivity contribution >= 4 is 11.9 Å². The van der Waals surface area contributed by atoms with Crippen molar-refractivity contribution in [3.8, 4) is 0 Å². The molecule has 0 aromatic carbocycles. The molecule has 0 bridgehead atoms. The normalized spacial score (nSPS) is 10.8. The number of carbonyl (C=O) groups is 2. The minimum Gasteiger partial charge on any atom is -0.468 e. The molecule has 1 amide bonds. The number of likely N-dealkylation sites (N-methyl/N-ethyl adjacent to an activating group) is 1. The molecule has 0 fully saturated rings. The van der Waals surface area contributed by atoms with Crippen molar-refractivity contribution in [2.24, 2.45) is 0 Å². The summed E-state index contributed by atoms with van der Waals surface area (Å²) in [5.41, 5.74) is -1.46. The summed E-state index contributed by atoms with van der Waals surface area (Å²) in [6, 6.07) is 0. The molecule has 0 saturated carbocycles. The molecule has 0 unspecified atom stereocenters. The van der Waals surface area contributed by atoms with E-state index < -0.39 is 17.5 Å². The van der Waals surface area contributed by atoms with Gasteiger partial charge in [-0.2, -0.15) is 0 Å². The van der Waals surface area contributed by atoms with Crippen LogP contribution in [0.2, 0.25) is 0 Å². The van der Waals surface area contributed by atoms with Gasteiger partial charge in [-0.1, -0.05) is 0 Å². The van der Waals surface area contributed by atoms with E-state index in [1.807, 2.05) is 0 Å². The third-order valence-corrected chi connectivity index (χ3v) is 1.46. The number of rotatable bonds is 3. The highest BCUT2D eigenvalue weighted by Gasteiger charge is 2.28. The minimum atomic E-state index is -1.46. The molecule has 0 spiro atoms. The fourth-order valence-corrected chi connectivity index (χ4v) is 0.797. The first-order valence-corrected chi connectivity index (χ1v) is 3.83. The van der Waals surface area contributed by atoms with E-state index in [-0.39, 0.29) is 6.54 Å². The zero-order chi connectivity index (χ0) is 10.6. The highest BCUT2D eigenvalue weighted by molar-refractivity contribution is 5.87. The van der Waals surface area contributed by atoms with Gasteiger partial charge in [-0.15, -0.1) is 0 Å². The van der Waals surface area contributed by atoms with Crippen LogP contribution >= 0.6 is 0 Å². The minimum absolute atomic E-state index is 0.153.